The second-order valence-corrected chi connectivity index (χ2v) is 6.24. The lowest BCUT2D eigenvalue weighted by Crippen LogP contribution is -2.41. The van der Waals surface area contributed by atoms with Crippen LogP contribution in [0.2, 0.25) is 0 Å². The van der Waals surface area contributed by atoms with Gasteiger partial charge in [0.05, 0.1) is 18.9 Å². The standard InChI is InChI=1S/C17H21N3O5/c1-17(2,9-21)8-19-15(22)16(23)20-11-4-5-12(13(6-11)24-3)14-7-18-10-25-14/h4-7,10,21H,8-9H2,1-3H3,(H,19,22)(H,20,23). The average Bonchev–Trinajstić information content (AvgIpc) is 3.13. The molecule has 0 saturated heterocycles. The number of hydrogen-bond acceptors (Lipinski definition) is 6. The van der Waals surface area contributed by atoms with Gasteiger partial charge < -0.3 is 24.9 Å². The Morgan fingerprint density at radius 3 is 2.68 bits per heavy atom. The minimum absolute atomic E-state index is 0.102. The van der Waals surface area contributed by atoms with E-state index in [4.69, 9.17) is 14.3 Å². The predicted octanol–water partition coefficient (Wildman–Crippen LogP) is 1.42. The molecular formula is C17H21N3O5. The molecule has 0 radical (unpaired) electrons. The number of anilines is 1. The molecule has 0 aliphatic carbocycles. The smallest absolute Gasteiger partial charge is 0.313 e. The fraction of sp³-hybridized carbons (Fsp3) is 0.353. The number of hydrogen-bond donors (Lipinski definition) is 3. The van der Waals surface area contributed by atoms with Gasteiger partial charge in [-0.05, 0) is 12.1 Å². The van der Waals surface area contributed by atoms with Crippen LogP contribution in [-0.4, -0.2) is 42.2 Å². The summed E-state index contributed by atoms with van der Waals surface area (Å²) >= 11 is 0. The Hall–Kier alpha value is -2.87. The van der Waals surface area contributed by atoms with Crippen LogP contribution in [0.25, 0.3) is 11.3 Å². The molecule has 0 spiro atoms. The number of carbonyl (C=O) groups is 2. The summed E-state index contributed by atoms with van der Waals surface area (Å²) in [6.07, 6.45) is 2.86. The minimum atomic E-state index is -0.803. The van der Waals surface area contributed by atoms with Gasteiger partial charge >= 0.3 is 11.8 Å². The summed E-state index contributed by atoms with van der Waals surface area (Å²) in [7, 11) is 1.49. The Balaban J connectivity index is 2.05. The van der Waals surface area contributed by atoms with E-state index in [2.05, 4.69) is 15.6 Å². The molecule has 3 N–H and O–H groups in total. The van der Waals surface area contributed by atoms with Crippen molar-refractivity contribution in [2.45, 2.75) is 13.8 Å². The van der Waals surface area contributed by atoms with Crippen LogP contribution >= 0.6 is 0 Å². The molecule has 2 rings (SSSR count). The maximum atomic E-state index is 12.0. The number of amides is 2. The van der Waals surface area contributed by atoms with Crippen molar-refractivity contribution < 1.29 is 23.8 Å². The Bertz CT molecular complexity index is 741. The molecule has 1 heterocycles. The molecule has 0 fully saturated rings. The molecule has 2 amide bonds. The summed E-state index contributed by atoms with van der Waals surface area (Å²) < 4.78 is 10.5. The van der Waals surface area contributed by atoms with Crippen molar-refractivity contribution in [2.24, 2.45) is 5.41 Å². The lowest BCUT2D eigenvalue weighted by molar-refractivity contribution is -0.136. The van der Waals surface area contributed by atoms with Crippen molar-refractivity contribution in [1.29, 1.82) is 0 Å². The largest absolute Gasteiger partial charge is 0.496 e. The molecular weight excluding hydrogens is 326 g/mol. The molecule has 134 valence electrons. The molecule has 0 bridgehead atoms. The first-order valence-electron chi connectivity index (χ1n) is 7.63. The van der Waals surface area contributed by atoms with Gasteiger partial charge in [0.15, 0.2) is 12.2 Å². The van der Waals surface area contributed by atoms with E-state index in [-0.39, 0.29) is 13.2 Å². The lowest BCUT2D eigenvalue weighted by atomic mass is 9.95. The van der Waals surface area contributed by atoms with Gasteiger partial charge in [0.1, 0.15) is 5.75 Å². The van der Waals surface area contributed by atoms with E-state index in [0.29, 0.717) is 22.8 Å². The van der Waals surface area contributed by atoms with Crippen molar-refractivity contribution in [3.63, 3.8) is 0 Å². The van der Waals surface area contributed by atoms with Gasteiger partial charge in [-0.25, -0.2) is 4.98 Å². The first-order valence-corrected chi connectivity index (χ1v) is 7.63. The molecule has 0 atom stereocenters. The number of aromatic nitrogens is 1. The van der Waals surface area contributed by atoms with Gasteiger partial charge in [-0.3, -0.25) is 9.59 Å². The fourth-order valence-electron chi connectivity index (χ4n) is 1.96. The van der Waals surface area contributed by atoms with Crippen molar-refractivity contribution >= 4 is 17.5 Å². The number of ether oxygens (including phenoxy) is 1. The Labute approximate surface area is 145 Å². The molecule has 0 aliphatic rings. The van der Waals surface area contributed by atoms with Gasteiger partial charge in [0.25, 0.3) is 0 Å². The number of aliphatic hydroxyl groups excluding tert-OH is 1. The van der Waals surface area contributed by atoms with Crippen LogP contribution in [0.5, 0.6) is 5.75 Å². The maximum absolute atomic E-state index is 12.0. The second kappa shape index (κ2) is 7.80. The number of nitrogens with one attached hydrogen (secondary N) is 2. The Morgan fingerprint density at radius 1 is 1.32 bits per heavy atom. The van der Waals surface area contributed by atoms with Crippen LogP contribution in [-0.2, 0) is 9.59 Å². The van der Waals surface area contributed by atoms with Crippen LogP contribution in [0.1, 0.15) is 13.8 Å². The number of benzene rings is 1. The average molecular weight is 347 g/mol. The Kier molecular flexibility index (Phi) is 5.76. The van der Waals surface area contributed by atoms with Crippen LogP contribution in [0.3, 0.4) is 0 Å². The zero-order chi connectivity index (χ0) is 18.4. The van der Waals surface area contributed by atoms with E-state index in [0.717, 1.165) is 0 Å². The molecule has 0 aliphatic heterocycles. The van der Waals surface area contributed by atoms with E-state index in [1.54, 1.807) is 38.2 Å². The first kappa shape index (κ1) is 18.5. The number of aliphatic hydroxyl groups is 1. The third-order valence-electron chi connectivity index (χ3n) is 3.52. The maximum Gasteiger partial charge on any atom is 0.313 e. The van der Waals surface area contributed by atoms with Gasteiger partial charge in [-0.2, -0.15) is 0 Å². The van der Waals surface area contributed by atoms with Crippen molar-refractivity contribution in [2.75, 3.05) is 25.6 Å². The van der Waals surface area contributed by atoms with Gasteiger partial charge in [-0.15, -0.1) is 0 Å². The summed E-state index contributed by atoms with van der Waals surface area (Å²) in [6, 6.07) is 4.91. The fourth-order valence-corrected chi connectivity index (χ4v) is 1.96. The summed E-state index contributed by atoms with van der Waals surface area (Å²) in [6.45, 7) is 3.63. The molecule has 2 aromatic rings. The monoisotopic (exact) mass is 347 g/mol. The summed E-state index contributed by atoms with van der Waals surface area (Å²) in [5, 5.41) is 14.2. The molecule has 8 nitrogen and oxygen atoms in total. The number of nitrogens with zero attached hydrogens (tertiary/aromatic N) is 1. The SMILES string of the molecule is COc1cc(NC(=O)C(=O)NCC(C)(C)CO)ccc1-c1cnco1. The highest BCUT2D eigenvalue weighted by Gasteiger charge is 2.21. The third-order valence-corrected chi connectivity index (χ3v) is 3.52. The van der Waals surface area contributed by atoms with Crippen LogP contribution in [0.4, 0.5) is 5.69 Å². The van der Waals surface area contributed by atoms with Crippen molar-refractivity contribution in [3.05, 3.63) is 30.8 Å². The predicted molar refractivity (Wildman–Crippen MR) is 91.0 cm³/mol. The zero-order valence-corrected chi connectivity index (χ0v) is 14.3. The summed E-state index contributed by atoms with van der Waals surface area (Å²) in [4.78, 5) is 27.7. The number of oxazole rings is 1. The quantitative estimate of drug-likeness (QED) is 0.681. The van der Waals surface area contributed by atoms with Crippen LogP contribution in [0.15, 0.2) is 35.2 Å². The van der Waals surface area contributed by atoms with Gasteiger partial charge in [0, 0.05) is 30.3 Å². The molecule has 1 aromatic heterocycles. The first-order chi connectivity index (χ1) is 11.9. The second-order valence-electron chi connectivity index (χ2n) is 6.24. The molecule has 0 saturated carbocycles. The number of methoxy groups -OCH3 is 1. The molecule has 25 heavy (non-hydrogen) atoms. The number of rotatable bonds is 6. The summed E-state index contributed by atoms with van der Waals surface area (Å²) in [5.41, 5.74) is 0.576. The van der Waals surface area contributed by atoms with E-state index in [1.165, 1.54) is 13.5 Å². The highest BCUT2D eigenvalue weighted by Crippen LogP contribution is 2.32. The molecule has 0 unspecified atom stereocenters. The van der Waals surface area contributed by atoms with Crippen LogP contribution < -0.4 is 15.4 Å². The molecule has 8 heteroatoms. The highest BCUT2D eigenvalue weighted by molar-refractivity contribution is 6.39. The Morgan fingerprint density at radius 2 is 2.08 bits per heavy atom. The minimum Gasteiger partial charge on any atom is -0.496 e. The van der Waals surface area contributed by atoms with E-state index in [1.807, 2.05) is 0 Å². The zero-order valence-electron chi connectivity index (χ0n) is 14.3. The van der Waals surface area contributed by atoms with E-state index < -0.39 is 17.2 Å². The highest BCUT2D eigenvalue weighted by atomic mass is 16.5. The van der Waals surface area contributed by atoms with Crippen molar-refractivity contribution in [3.8, 4) is 17.1 Å². The topological polar surface area (TPSA) is 114 Å². The molecule has 1 aromatic carbocycles. The normalized spacial score (nSPS) is 11.0. The lowest BCUT2D eigenvalue weighted by Gasteiger charge is -2.21. The van der Waals surface area contributed by atoms with Crippen molar-refractivity contribution in [1.82, 2.24) is 10.3 Å². The number of carbonyl (C=O) groups excluding carboxylic acids is 2. The van der Waals surface area contributed by atoms with Gasteiger partial charge in [0.2, 0.25) is 0 Å². The van der Waals surface area contributed by atoms with Crippen LogP contribution in [0, 0.1) is 5.41 Å². The summed E-state index contributed by atoms with van der Waals surface area (Å²) in [5.74, 6) is -0.585. The van der Waals surface area contributed by atoms with E-state index >= 15 is 0 Å². The third kappa shape index (κ3) is 4.80. The van der Waals surface area contributed by atoms with E-state index in [9.17, 15) is 9.59 Å². The van der Waals surface area contributed by atoms with Gasteiger partial charge in [-0.1, -0.05) is 13.8 Å².